The number of ether oxygens (including phenoxy) is 1. The second kappa shape index (κ2) is 16.7. The number of carbonyl (C=O) groups is 3. The van der Waals surface area contributed by atoms with Crippen LogP contribution in [0.2, 0.25) is 0 Å². The first-order chi connectivity index (χ1) is 21.0. The number of aliphatic imine (C=N–C) groups is 1. The monoisotopic (exact) mass is 605 g/mol. The maximum atomic E-state index is 13.0. The molecule has 0 bridgehead atoms. The van der Waals surface area contributed by atoms with Crippen LogP contribution in [0.5, 0.6) is 5.75 Å². The SMILES string of the molecule is C#C.COc1cc(C#N)cc2c1NC(=O)[C@@H](NC(=O)[C@H](CCC(F)(F)F)CC(N)=O)N=C2c1ccccc1.c1ccccc1. The number of nitrogens with two attached hydrogens (primary N) is 1. The minimum absolute atomic E-state index is 0.171. The quantitative estimate of drug-likeness (QED) is 0.322. The van der Waals surface area contributed by atoms with Crippen molar-refractivity contribution in [3.63, 3.8) is 0 Å². The van der Waals surface area contributed by atoms with Crippen LogP contribution in [-0.4, -0.2) is 42.9 Å². The molecule has 9 nitrogen and oxygen atoms in total. The maximum Gasteiger partial charge on any atom is 0.389 e. The fraction of sp³-hybridized carbons (Fsp3) is 0.219. The van der Waals surface area contributed by atoms with E-state index >= 15 is 0 Å². The van der Waals surface area contributed by atoms with Crippen LogP contribution in [0.25, 0.3) is 0 Å². The molecule has 4 rings (SSSR count). The lowest BCUT2D eigenvalue weighted by Gasteiger charge is -2.19. The molecule has 0 saturated carbocycles. The van der Waals surface area contributed by atoms with Crippen molar-refractivity contribution in [1.29, 1.82) is 5.26 Å². The van der Waals surface area contributed by atoms with Crippen LogP contribution in [0.4, 0.5) is 18.9 Å². The zero-order valence-electron chi connectivity index (χ0n) is 23.7. The Hall–Kier alpha value is -5.62. The molecule has 0 spiro atoms. The highest BCUT2D eigenvalue weighted by Gasteiger charge is 2.34. The van der Waals surface area contributed by atoms with E-state index in [1.807, 2.05) is 42.5 Å². The molecular weight excluding hydrogens is 575 g/mol. The number of nitriles is 1. The Kier molecular flexibility index (Phi) is 13.1. The van der Waals surface area contributed by atoms with Crippen LogP contribution in [-0.2, 0) is 14.4 Å². The average molecular weight is 606 g/mol. The fourth-order valence-electron chi connectivity index (χ4n) is 4.07. The molecule has 0 fully saturated rings. The summed E-state index contributed by atoms with van der Waals surface area (Å²) in [7, 11) is 1.35. The number of hydrogen-bond donors (Lipinski definition) is 3. The largest absolute Gasteiger partial charge is 0.495 e. The van der Waals surface area contributed by atoms with Crippen LogP contribution in [0.3, 0.4) is 0 Å². The molecule has 2 atom stereocenters. The number of alkyl halides is 3. The van der Waals surface area contributed by atoms with Gasteiger partial charge in [0.25, 0.3) is 5.91 Å². The zero-order chi connectivity index (χ0) is 32.7. The van der Waals surface area contributed by atoms with Crippen LogP contribution in [0.15, 0.2) is 83.9 Å². The lowest BCUT2D eigenvalue weighted by Crippen LogP contribution is -2.45. The molecule has 0 unspecified atom stereocenters. The third-order valence-electron chi connectivity index (χ3n) is 6.05. The van der Waals surface area contributed by atoms with Crippen molar-refractivity contribution in [1.82, 2.24) is 5.32 Å². The van der Waals surface area contributed by atoms with Crippen molar-refractivity contribution < 1.29 is 32.3 Å². The number of benzodiazepines with no additional fused rings is 1. The predicted molar refractivity (Wildman–Crippen MR) is 159 cm³/mol. The number of fused-ring (bicyclic) bond motifs is 1. The number of benzene rings is 3. The van der Waals surface area contributed by atoms with Gasteiger partial charge in [0.2, 0.25) is 18.0 Å². The summed E-state index contributed by atoms with van der Waals surface area (Å²) in [5.74, 6) is -3.99. The number of nitrogens with zero attached hydrogens (tertiary/aromatic N) is 2. The fourth-order valence-corrected chi connectivity index (χ4v) is 4.07. The van der Waals surface area contributed by atoms with E-state index in [2.05, 4.69) is 28.5 Å². The summed E-state index contributed by atoms with van der Waals surface area (Å²) in [6, 6.07) is 25.5. The molecule has 0 radical (unpaired) electrons. The lowest BCUT2D eigenvalue weighted by atomic mass is 9.97. The van der Waals surface area contributed by atoms with E-state index in [0.717, 1.165) is 0 Å². The average Bonchev–Trinajstić information content (AvgIpc) is 3.16. The molecule has 1 heterocycles. The van der Waals surface area contributed by atoms with Gasteiger partial charge in [0.1, 0.15) is 5.75 Å². The van der Waals surface area contributed by atoms with Gasteiger partial charge in [-0.05, 0) is 12.5 Å². The van der Waals surface area contributed by atoms with Gasteiger partial charge in [-0.25, -0.2) is 4.99 Å². The predicted octanol–water partition coefficient (Wildman–Crippen LogP) is 4.57. The molecule has 4 N–H and O–H groups in total. The molecule has 0 aromatic heterocycles. The third kappa shape index (κ3) is 10.3. The Morgan fingerprint density at radius 1 is 1.09 bits per heavy atom. The van der Waals surface area contributed by atoms with Crippen molar-refractivity contribution in [2.24, 2.45) is 16.6 Å². The molecule has 228 valence electrons. The lowest BCUT2D eigenvalue weighted by molar-refractivity contribution is -0.143. The van der Waals surface area contributed by atoms with Gasteiger partial charge in [-0.15, -0.1) is 12.8 Å². The van der Waals surface area contributed by atoms with E-state index < -0.39 is 55.2 Å². The van der Waals surface area contributed by atoms with E-state index in [1.54, 1.807) is 30.3 Å². The summed E-state index contributed by atoms with van der Waals surface area (Å²) < 4.78 is 43.6. The number of nitrogens with one attached hydrogen (secondary N) is 2. The molecule has 0 saturated heterocycles. The third-order valence-corrected chi connectivity index (χ3v) is 6.05. The number of hydrogen-bond acceptors (Lipinski definition) is 6. The molecule has 3 aromatic rings. The summed E-state index contributed by atoms with van der Waals surface area (Å²) >= 11 is 0. The van der Waals surface area contributed by atoms with Gasteiger partial charge in [-0.2, -0.15) is 18.4 Å². The number of methoxy groups -OCH3 is 1. The number of terminal acetylenes is 1. The second-order valence-electron chi connectivity index (χ2n) is 9.13. The summed E-state index contributed by atoms with van der Waals surface area (Å²) in [5.41, 5.74) is 6.65. The van der Waals surface area contributed by atoms with Crippen molar-refractivity contribution in [2.45, 2.75) is 31.6 Å². The van der Waals surface area contributed by atoms with Crippen LogP contribution < -0.4 is 21.1 Å². The Morgan fingerprint density at radius 2 is 1.66 bits per heavy atom. The first-order valence-electron chi connectivity index (χ1n) is 13.1. The van der Waals surface area contributed by atoms with Gasteiger partial charge >= 0.3 is 6.18 Å². The smallest absolute Gasteiger partial charge is 0.389 e. The Morgan fingerprint density at radius 3 is 2.16 bits per heavy atom. The number of primary amides is 1. The molecule has 1 aliphatic rings. The molecular formula is C32H30F3N5O4. The molecule has 12 heteroatoms. The highest BCUT2D eigenvalue weighted by molar-refractivity contribution is 6.20. The van der Waals surface area contributed by atoms with Gasteiger partial charge in [0.05, 0.1) is 30.1 Å². The first-order valence-corrected chi connectivity index (χ1v) is 13.1. The summed E-state index contributed by atoms with van der Waals surface area (Å²) in [6.07, 6.45) is -0.748. The van der Waals surface area contributed by atoms with Gasteiger partial charge in [-0.1, -0.05) is 66.7 Å². The van der Waals surface area contributed by atoms with Gasteiger partial charge in [0, 0.05) is 36.0 Å². The number of anilines is 1. The Balaban J connectivity index is 0.000000740. The van der Waals surface area contributed by atoms with Crippen LogP contribution in [0.1, 0.15) is 36.0 Å². The molecule has 44 heavy (non-hydrogen) atoms. The first kappa shape index (κ1) is 34.6. The number of carbonyl (C=O) groups excluding carboxylic acids is 3. The number of halogens is 3. The van der Waals surface area contributed by atoms with Crippen LogP contribution >= 0.6 is 0 Å². The van der Waals surface area contributed by atoms with E-state index in [9.17, 15) is 32.8 Å². The zero-order valence-corrected chi connectivity index (χ0v) is 23.7. The Bertz CT molecular complexity index is 1490. The van der Waals surface area contributed by atoms with E-state index in [4.69, 9.17) is 10.5 Å². The summed E-state index contributed by atoms with van der Waals surface area (Å²) in [6.45, 7) is 0. The number of rotatable bonds is 8. The second-order valence-corrected chi connectivity index (χ2v) is 9.13. The highest BCUT2D eigenvalue weighted by atomic mass is 19.4. The molecule has 0 aliphatic carbocycles. The van der Waals surface area contributed by atoms with Crippen LogP contribution in [0, 0.1) is 30.1 Å². The topological polar surface area (TPSA) is 147 Å². The summed E-state index contributed by atoms with van der Waals surface area (Å²) in [5, 5.41) is 14.4. The Labute approximate surface area is 252 Å². The summed E-state index contributed by atoms with van der Waals surface area (Å²) in [4.78, 5) is 41.7. The molecule has 1 aliphatic heterocycles. The highest BCUT2D eigenvalue weighted by Crippen LogP contribution is 2.34. The minimum atomic E-state index is -4.55. The van der Waals surface area contributed by atoms with Gasteiger partial charge in [0.15, 0.2) is 0 Å². The molecule has 3 aromatic carbocycles. The van der Waals surface area contributed by atoms with E-state index in [1.165, 1.54) is 19.2 Å². The van der Waals surface area contributed by atoms with Gasteiger partial charge < -0.3 is 21.1 Å². The van der Waals surface area contributed by atoms with E-state index in [0.29, 0.717) is 11.1 Å². The normalized spacial score (nSPS) is 14.2. The van der Waals surface area contributed by atoms with Crippen molar-refractivity contribution in [2.75, 3.05) is 12.4 Å². The van der Waals surface area contributed by atoms with Gasteiger partial charge in [-0.3, -0.25) is 14.4 Å². The maximum absolute atomic E-state index is 13.0. The van der Waals surface area contributed by atoms with Crippen molar-refractivity contribution in [3.05, 3.63) is 95.6 Å². The minimum Gasteiger partial charge on any atom is -0.495 e. The number of amides is 3. The van der Waals surface area contributed by atoms with Crippen molar-refractivity contribution in [3.8, 4) is 24.7 Å². The van der Waals surface area contributed by atoms with E-state index in [-0.39, 0.29) is 22.7 Å². The standard InChI is InChI=1S/C24H22F3N5O4.C6H6.C2H2/c1-36-17-10-13(12-28)9-16-19(14-5-3-2-4-6-14)30-21(23(35)31-20(16)17)32-22(34)15(11-18(29)33)7-8-24(25,26)27;1-2-4-6-5-3-1;1-2/h2-6,9-10,15,21H,7-8,11H2,1H3,(H2,29,33)(H,31,35)(H,32,34);1-6H;1-2H/t15-,21-;;/m1../s1. The molecule has 3 amide bonds. The van der Waals surface area contributed by atoms with Crippen molar-refractivity contribution >= 4 is 29.1 Å².